The van der Waals surface area contributed by atoms with Crippen LogP contribution in [0, 0.1) is 11.8 Å². The second-order valence-electron chi connectivity index (χ2n) is 8.45. The minimum absolute atomic E-state index is 0.0195. The molecule has 0 spiro atoms. The van der Waals surface area contributed by atoms with Crippen molar-refractivity contribution < 1.29 is 14.4 Å². The fraction of sp³-hybridized carbons (Fsp3) is 0.591. The summed E-state index contributed by atoms with van der Waals surface area (Å²) in [5.41, 5.74) is 0.745. The molecule has 0 saturated carbocycles. The molecule has 7 nitrogen and oxygen atoms in total. The van der Waals surface area contributed by atoms with E-state index in [1.165, 1.54) is 0 Å². The molecule has 1 aromatic carbocycles. The third-order valence-corrected chi connectivity index (χ3v) is 5.02. The maximum atomic E-state index is 12.9. The van der Waals surface area contributed by atoms with Gasteiger partial charge >= 0.3 is 6.03 Å². The van der Waals surface area contributed by atoms with Crippen LogP contribution in [0.25, 0.3) is 0 Å². The lowest BCUT2D eigenvalue weighted by Gasteiger charge is -2.35. The quantitative estimate of drug-likeness (QED) is 0.655. The summed E-state index contributed by atoms with van der Waals surface area (Å²) < 4.78 is 0. The van der Waals surface area contributed by atoms with Gasteiger partial charge in [0.15, 0.2) is 0 Å². The molecule has 1 aliphatic rings. The van der Waals surface area contributed by atoms with Gasteiger partial charge in [0.25, 0.3) is 0 Å². The molecule has 0 radical (unpaired) electrons. The number of likely N-dealkylation sites (tertiary alicyclic amines) is 1. The second-order valence-corrected chi connectivity index (χ2v) is 8.45. The molecule has 4 amide bonds. The van der Waals surface area contributed by atoms with Gasteiger partial charge in [0.2, 0.25) is 11.8 Å². The highest BCUT2D eigenvalue weighted by Gasteiger charge is 2.31. The van der Waals surface area contributed by atoms with Gasteiger partial charge < -0.3 is 20.9 Å². The van der Waals surface area contributed by atoms with Crippen molar-refractivity contribution in [2.45, 2.75) is 59.0 Å². The van der Waals surface area contributed by atoms with Crippen molar-refractivity contribution in [2.24, 2.45) is 11.8 Å². The highest BCUT2D eigenvalue weighted by molar-refractivity contribution is 5.89. The van der Waals surface area contributed by atoms with E-state index < -0.39 is 6.04 Å². The summed E-state index contributed by atoms with van der Waals surface area (Å²) in [5, 5.41) is 8.70. The van der Waals surface area contributed by atoms with Crippen molar-refractivity contribution in [1.29, 1.82) is 0 Å². The van der Waals surface area contributed by atoms with Gasteiger partial charge in [0, 0.05) is 31.2 Å². The van der Waals surface area contributed by atoms with Gasteiger partial charge in [-0.1, -0.05) is 45.9 Å². The number of nitrogens with one attached hydrogen (secondary N) is 3. The first kappa shape index (κ1) is 22.7. The largest absolute Gasteiger partial charge is 0.344 e. The topological polar surface area (TPSA) is 90.5 Å². The van der Waals surface area contributed by atoms with Crippen molar-refractivity contribution >= 4 is 23.5 Å². The predicted molar refractivity (Wildman–Crippen MR) is 114 cm³/mol. The Balaban J connectivity index is 1.82. The van der Waals surface area contributed by atoms with E-state index in [9.17, 15) is 14.4 Å². The summed E-state index contributed by atoms with van der Waals surface area (Å²) in [4.78, 5) is 39.0. The molecule has 0 aromatic heterocycles. The number of para-hydroxylation sites is 1. The monoisotopic (exact) mass is 402 g/mol. The first-order valence-electron chi connectivity index (χ1n) is 10.5. The first-order valence-corrected chi connectivity index (χ1v) is 10.5. The van der Waals surface area contributed by atoms with E-state index in [0.29, 0.717) is 32.4 Å². The number of piperidine rings is 1. The Morgan fingerprint density at radius 3 is 2.21 bits per heavy atom. The summed E-state index contributed by atoms with van der Waals surface area (Å²) in [6, 6.07) is 8.58. The molecule has 2 rings (SSSR count). The van der Waals surface area contributed by atoms with Gasteiger partial charge in [-0.3, -0.25) is 9.59 Å². The van der Waals surface area contributed by atoms with Crippen LogP contribution < -0.4 is 16.0 Å². The number of hydrogen-bond donors (Lipinski definition) is 3. The molecule has 0 bridgehead atoms. The van der Waals surface area contributed by atoms with Crippen molar-refractivity contribution in [3.8, 4) is 0 Å². The standard InChI is InChI=1S/C22H34N4O3/c1-15(2)14-19(27)25-20(16(3)4)21(28)26-12-10-18(11-13-26)24-22(29)23-17-8-6-5-7-9-17/h5-9,15-16,18,20H,10-14H2,1-4H3,(H,25,27)(H2,23,24,29). The molecule has 1 heterocycles. The lowest BCUT2D eigenvalue weighted by atomic mass is 9.99. The molecule has 3 N–H and O–H groups in total. The Bertz CT molecular complexity index is 683. The summed E-state index contributed by atoms with van der Waals surface area (Å²) in [5.74, 6) is 0.151. The van der Waals surface area contributed by atoms with Gasteiger partial charge in [-0.05, 0) is 36.8 Å². The first-order chi connectivity index (χ1) is 13.8. The van der Waals surface area contributed by atoms with Crippen LogP contribution in [0.3, 0.4) is 0 Å². The Morgan fingerprint density at radius 2 is 1.66 bits per heavy atom. The van der Waals surface area contributed by atoms with Crippen LogP contribution in [-0.4, -0.2) is 47.9 Å². The molecule has 1 aliphatic heterocycles. The average Bonchev–Trinajstić information content (AvgIpc) is 2.66. The van der Waals surface area contributed by atoms with E-state index >= 15 is 0 Å². The molecule has 0 aliphatic carbocycles. The highest BCUT2D eigenvalue weighted by Crippen LogP contribution is 2.15. The Kier molecular flexibility index (Phi) is 8.49. The van der Waals surface area contributed by atoms with E-state index in [1.54, 1.807) is 4.90 Å². The number of amides is 4. The van der Waals surface area contributed by atoms with Gasteiger partial charge in [-0.25, -0.2) is 4.79 Å². The number of urea groups is 1. The molecule has 1 fully saturated rings. The van der Waals surface area contributed by atoms with Crippen LogP contribution in [0.15, 0.2) is 30.3 Å². The van der Waals surface area contributed by atoms with Crippen molar-refractivity contribution in [2.75, 3.05) is 18.4 Å². The van der Waals surface area contributed by atoms with Crippen LogP contribution >= 0.6 is 0 Å². The molecule has 29 heavy (non-hydrogen) atoms. The predicted octanol–water partition coefficient (Wildman–Crippen LogP) is 2.99. The zero-order valence-electron chi connectivity index (χ0n) is 17.9. The van der Waals surface area contributed by atoms with Crippen LogP contribution in [0.4, 0.5) is 10.5 Å². The van der Waals surface area contributed by atoms with Crippen LogP contribution in [0.2, 0.25) is 0 Å². The lowest BCUT2D eigenvalue weighted by molar-refractivity contribution is -0.138. The summed E-state index contributed by atoms with van der Waals surface area (Å²) in [7, 11) is 0. The maximum absolute atomic E-state index is 12.9. The fourth-order valence-corrected chi connectivity index (χ4v) is 3.43. The minimum Gasteiger partial charge on any atom is -0.344 e. The molecular weight excluding hydrogens is 368 g/mol. The van der Waals surface area contributed by atoms with E-state index in [1.807, 2.05) is 58.0 Å². The number of nitrogens with zero attached hydrogens (tertiary/aromatic N) is 1. The number of carbonyl (C=O) groups is 3. The van der Waals surface area contributed by atoms with E-state index in [2.05, 4.69) is 16.0 Å². The highest BCUT2D eigenvalue weighted by atomic mass is 16.2. The minimum atomic E-state index is -0.507. The third-order valence-electron chi connectivity index (χ3n) is 5.02. The maximum Gasteiger partial charge on any atom is 0.319 e. The van der Waals surface area contributed by atoms with Gasteiger partial charge in [0.1, 0.15) is 6.04 Å². The summed E-state index contributed by atoms with van der Waals surface area (Å²) in [6.07, 6.45) is 1.80. The molecule has 1 atom stereocenters. The molecule has 160 valence electrons. The number of anilines is 1. The smallest absolute Gasteiger partial charge is 0.319 e. The van der Waals surface area contributed by atoms with E-state index in [-0.39, 0.29) is 35.7 Å². The molecule has 1 saturated heterocycles. The van der Waals surface area contributed by atoms with Gasteiger partial charge in [0.05, 0.1) is 0 Å². The number of rotatable bonds is 7. The van der Waals surface area contributed by atoms with Crippen LogP contribution in [-0.2, 0) is 9.59 Å². The van der Waals surface area contributed by atoms with Gasteiger partial charge in [-0.15, -0.1) is 0 Å². The third kappa shape index (κ3) is 7.40. The summed E-state index contributed by atoms with van der Waals surface area (Å²) >= 11 is 0. The van der Waals surface area contributed by atoms with E-state index in [4.69, 9.17) is 0 Å². The number of carbonyl (C=O) groups excluding carboxylic acids is 3. The molecule has 1 unspecified atom stereocenters. The van der Waals surface area contributed by atoms with Crippen molar-refractivity contribution in [1.82, 2.24) is 15.5 Å². The van der Waals surface area contributed by atoms with Crippen molar-refractivity contribution in [3.63, 3.8) is 0 Å². The fourth-order valence-electron chi connectivity index (χ4n) is 3.43. The Labute approximate surface area is 173 Å². The zero-order valence-corrected chi connectivity index (χ0v) is 17.9. The van der Waals surface area contributed by atoms with Crippen LogP contribution in [0.1, 0.15) is 47.0 Å². The average molecular weight is 403 g/mol. The number of hydrogen-bond acceptors (Lipinski definition) is 3. The second kappa shape index (κ2) is 10.8. The molecular formula is C22H34N4O3. The summed E-state index contributed by atoms with van der Waals surface area (Å²) in [6.45, 7) is 8.99. The molecule has 7 heteroatoms. The van der Waals surface area contributed by atoms with Gasteiger partial charge in [-0.2, -0.15) is 0 Å². The number of benzene rings is 1. The Hall–Kier alpha value is -2.57. The SMILES string of the molecule is CC(C)CC(=O)NC(C(=O)N1CCC(NC(=O)Nc2ccccc2)CC1)C(C)C. The molecule has 1 aromatic rings. The normalized spacial score (nSPS) is 15.9. The van der Waals surface area contributed by atoms with Crippen LogP contribution in [0.5, 0.6) is 0 Å². The van der Waals surface area contributed by atoms with Crippen molar-refractivity contribution in [3.05, 3.63) is 30.3 Å². The zero-order chi connectivity index (χ0) is 21.4. The Morgan fingerprint density at radius 1 is 1.03 bits per heavy atom. The van der Waals surface area contributed by atoms with E-state index in [0.717, 1.165) is 5.69 Å². The lowest BCUT2D eigenvalue weighted by Crippen LogP contribution is -2.55.